The molecule has 2 nitrogen and oxygen atoms in total. The summed E-state index contributed by atoms with van der Waals surface area (Å²) < 4.78 is 0. The SMILES string of the molecule is C[C@H](NC(=O)C1(c2ccccc2)CC1)C12CC3CC(CC(C3)C1)C2. The van der Waals surface area contributed by atoms with Crippen molar-refractivity contribution in [2.75, 3.05) is 0 Å². The number of hydrogen-bond donors (Lipinski definition) is 1. The highest BCUT2D eigenvalue weighted by Crippen LogP contribution is 2.61. The first-order valence-corrected chi connectivity index (χ1v) is 9.96. The van der Waals surface area contributed by atoms with E-state index in [1.165, 1.54) is 44.1 Å². The molecule has 1 atom stereocenters. The highest BCUT2D eigenvalue weighted by atomic mass is 16.2. The van der Waals surface area contributed by atoms with Crippen molar-refractivity contribution in [2.45, 2.75) is 69.7 Å². The van der Waals surface area contributed by atoms with Gasteiger partial charge in [0, 0.05) is 6.04 Å². The van der Waals surface area contributed by atoms with E-state index in [-0.39, 0.29) is 11.3 Å². The zero-order valence-electron chi connectivity index (χ0n) is 14.8. The van der Waals surface area contributed by atoms with Crippen LogP contribution in [0.5, 0.6) is 0 Å². The Morgan fingerprint density at radius 3 is 2.04 bits per heavy atom. The van der Waals surface area contributed by atoms with Gasteiger partial charge in [-0.25, -0.2) is 0 Å². The summed E-state index contributed by atoms with van der Waals surface area (Å²) in [6.45, 7) is 2.30. The van der Waals surface area contributed by atoms with Gasteiger partial charge in [-0.1, -0.05) is 30.3 Å². The number of carbonyl (C=O) groups is 1. The Morgan fingerprint density at radius 1 is 1.00 bits per heavy atom. The number of rotatable bonds is 4. The minimum atomic E-state index is -0.224. The number of carbonyl (C=O) groups excluding carboxylic acids is 1. The van der Waals surface area contributed by atoms with E-state index in [4.69, 9.17) is 0 Å². The molecule has 5 aliphatic carbocycles. The maximum absolute atomic E-state index is 13.1. The standard InChI is InChI=1S/C22H29NO/c1-15(21-12-16-9-17(13-21)11-18(10-16)14-21)23-20(24)22(7-8-22)19-5-3-2-4-6-19/h2-6,15-18H,7-14H2,1H3,(H,23,24)/t15-,16?,17?,18?,21?/m0/s1. The lowest BCUT2D eigenvalue weighted by molar-refractivity contribution is -0.128. The van der Waals surface area contributed by atoms with Gasteiger partial charge >= 0.3 is 0 Å². The second kappa shape index (κ2) is 5.09. The van der Waals surface area contributed by atoms with Crippen molar-refractivity contribution in [1.29, 1.82) is 0 Å². The van der Waals surface area contributed by atoms with Gasteiger partial charge in [0.2, 0.25) is 5.91 Å². The van der Waals surface area contributed by atoms with Gasteiger partial charge in [-0.2, -0.15) is 0 Å². The van der Waals surface area contributed by atoms with Crippen molar-refractivity contribution in [2.24, 2.45) is 23.2 Å². The molecule has 1 aromatic carbocycles. The van der Waals surface area contributed by atoms with Crippen molar-refractivity contribution in [3.63, 3.8) is 0 Å². The van der Waals surface area contributed by atoms with Gasteiger partial charge in [-0.3, -0.25) is 4.79 Å². The average Bonchev–Trinajstić information content (AvgIpc) is 3.36. The zero-order valence-corrected chi connectivity index (χ0v) is 14.8. The summed E-state index contributed by atoms with van der Waals surface area (Å²) >= 11 is 0. The molecule has 0 aliphatic heterocycles. The molecule has 0 unspecified atom stereocenters. The topological polar surface area (TPSA) is 29.1 Å². The van der Waals surface area contributed by atoms with E-state index in [2.05, 4.69) is 36.5 Å². The third-order valence-corrected chi connectivity index (χ3v) is 7.86. The molecule has 5 aliphatic rings. The van der Waals surface area contributed by atoms with Crippen LogP contribution in [0.25, 0.3) is 0 Å². The van der Waals surface area contributed by atoms with E-state index < -0.39 is 0 Å². The van der Waals surface area contributed by atoms with Crippen LogP contribution in [-0.4, -0.2) is 11.9 Å². The minimum Gasteiger partial charge on any atom is -0.352 e. The largest absolute Gasteiger partial charge is 0.352 e. The molecule has 1 N–H and O–H groups in total. The van der Waals surface area contributed by atoms with Crippen molar-refractivity contribution in [3.05, 3.63) is 35.9 Å². The molecule has 1 aromatic rings. The lowest BCUT2D eigenvalue weighted by Crippen LogP contribution is -2.57. The summed E-state index contributed by atoms with van der Waals surface area (Å²) in [6.07, 6.45) is 10.5. The van der Waals surface area contributed by atoms with Gasteiger partial charge in [0.05, 0.1) is 5.41 Å². The quantitative estimate of drug-likeness (QED) is 0.872. The third kappa shape index (κ3) is 2.18. The van der Waals surface area contributed by atoms with Crippen LogP contribution in [0.2, 0.25) is 0 Å². The summed E-state index contributed by atoms with van der Waals surface area (Å²) in [5, 5.41) is 3.50. The smallest absolute Gasteiger partial charge is 0.230 e. The van der Waals surface area contributed by atoms with Crippen molar-refractivity contribution < 1.29 is 4.79 Å². The lowest BCUT2D eigenvalue weighted by atomic mass is 9.48. The fourth-order valence-corrected chi connectivity index (χ4v) is 6.72. The van der Waals surface area contributed by atoms with Gasteiger partial charge in [0.25, 0.3) is 0 Å². The number of benzene rings is 1. The Bertz CT molecular complexity index is 610. The molecule has 128 valence electrons. The van der Waals surface area contributed by atoms with Crippen LogP contribution < -0.4 is 5.32 Å². The Labute approximate surface area is 145 Å². The van der Waals surface area contributed by atoms with E-state index in [0.717, 1.165) is 30.6 Å². The maximum atomic E-state index is 13.1. The monoisotopic (exact) mass is 323 g/mol. The van der Waals surface area contributed by atoms with Crippen LogP contribution >= 0.6 is 0 Å². The van der Waals surface area contributed by atoms with Crippen LogP contribution in [0.3, 0.4) is 0 Å². The van der Waals surface area contributed by atoms with Crippen LogP contribution in [0.1, 0.15) is 63.9 Å². The summed E-state index contributed by atoms with van der Waals surface area (Å²) in [5.41, 5.74) is 1.38. The maximum Gasteiger partial charge on any atom is 0.230 e. The second-order valence-electron chi connectivity index (χ2n) is 9.42. The van der Waals surface area contributed by atoms with Crippen LogP contribution in [0.4, 0.5) is 0 Å². The first-order chi connectivity index (χ1) is 11.6. The molecule has 2 heteroatoms. The number of amides is 1. The normalized spacial score (nSPS) is 39.5. The predicted molar refractivity (Wildman–Crippen MR) is 95.6 cm³/mol. The molecule has 24 heavy (non-hydrogen) atoms. The first kappa shape index (κ1) is 15.0. The van der Waals surface area contributed by atoms with Gasteiger partial charge in [-0.15, -0.1) is 0 Å². The van der Waals surface area contributed by atoms with Crippen molar-refractivity contribution in [3.8, 4) is 0 Å². The Morgan fingerprint density at radius 2 is 1.54 bits per heavy atom. The molecule has 0 spiro atoms. The molecule has 6 rings (SSSR count). The Hall–Kier alpha value is -1.31. The third-order valence-electron chi connectivity index (χ3n) is 7.86. The predicted octanol–water partition coefficient (Wildman–Crippen LogP) is 4.44. The molecule has 0 radical (unpaired) electrons. The highest BCUT2D eigenvalue weighted by molar-refractivity contribution is 5.91. The van der Waals surface area contributed by atoms with Crippen LogP contribution in [0.15, 0.2) is 30.3 Å². The molecule has 1 amide bonds. The van der Waals surface area contributed by atoms with E-state index in [0.29, 0.717) is 11.5 Å². The van der Waals surface area contributed by atoms with Crippen molar-refractivity contribution in [1.82, 2.24) is 5.32 Å². The second-order valence-corrected chi connectivity index (χ2v) is 9.42. The Kier molecular flexibility index (Phi) is 3.18. The van der Waals surface area contributed by atoms with Crippen LogP contribution in [0, 0.1) is 23.2 Å². The zero-order chi connectivity index (χ0) is 16.4. The van der Waals surface area contributed by atoms with Crippen molar-refractivity contribution >= 4 is 5.91 Å². The van der Waals surface area contributed by atoms with E-state index in [9.17, 15) is 4.79 Å². The molecule has 5 saturated carbocycles. The van der Waals surface area contributed by atoms with Crippen LogP contribution in [-0.2, 0) is 10.2 Å². The molecule has 0 saturated heterocycles. The van der Waals surface area contributed by atoms with E-state index in [1.807, 2.05) is 6.07 Å². The van der Waals surface area contributed by atoms with E-state index >= 15 is 0 Å². The molecule has 0 heterocycles. The highest BCUT2D eigenvalue weighted by Gasteiger charge is 2.56. The molecule has 5 fully saturated rings. The fourth-order valence-electron chi connectivity index (χ4n) is 6.72. The minimum absolute atomic E-state index is 0.224. The molecular weight excluding hydrogens is 294 g/mol. The summed E-state index contributed by atoms with van der Waals surface area (Å²) in [7, 11) is 0. The van der Waals surface area contributed by atoms with E-state index in [1.54, 1.807) is 0 Å². The number of hydrogen-bond acceptors (Lipinski definition) is 1. The summed E-state index contributed by atoms with van der Waals surface area (Å²) in [4.78, 5) is 13.1. The fraction of sp³-hybridized carbons (Fsp3) is 0.682. The number of nitrogens with one attached hydrogen (secondary N) is 1. The van der Waals surface area contributed by atoms with Gasteiger partial charge in [0.15, 0.2) is 0 Å². The molecule has 4 bridgehead atoms. The lowest BCUT2D eigenvalue weighted by Gasteiger charge is -2.59. The average molecular weight is 323 g/mol. The summed E-state index contributed by atoms with van der Waals surface area (Å²) in [6, 6.07) is 10.7. The summed E-state index contributed by atoms with van der Waals surface area (Å²) in [5.74, 6) is 3.12. The molecular formula is C22H29NO. The van der Waals surface area contributed by atoms with Gasteiger partial charge < -0.3 is 5.32 Å². The Balaban J connectivity index is 1.34. The van der Waals surface area contributed by atoms with Gasteiger partial charge in [0.1, 0.15) is 0 Å². The van der Waals surface area contributed by atoms with Gasteiger partial charge in [-0.05, 0) is 87.0 Å². The first-order valence-electron chi connectivity index (χ1n) is 9.96. The molecule has 0 aromatic heterocycles.